The average Bonchev–Trinajstić information content (AvgIpc) is 3.04. The number of aromatic amines is 1. The van der Waals surface area contributed by atoms with Crippen molar-refractivity contribution in [1.29, 1.82) is 0 Å². The molecule has 1 aliphatic heterocycles. The van der Waals surface area contributed by atoms with Crippen LogP contribution in [0, 0.1) is 5.92 Å². The quantitative estimate of drug-likeness (QED) is 0.779. The maximum Gasteiger partial charge on any atom is 0.255 e. The summed E-state index contributed by atoms with van der Waals surface area (Å²) in [5.41, 5.74) is 3.18. The van der Waals surface area contributed by atoms with E-state index >= 15 is 0 Å². The van der Waals surface area contributed by atoms with Crippen molar-refractivity contribution in [1.82, 2.24) is 24.4 Å². The van der Waals surface area contributed by atoms with E-state index in [1.54, 1.807) is 24.8 Å². The van der Waals surface area contributed by atoms with E-state index in [-0.39, 0.29) is 11.5 Å². The standard InChI is InChI=1S/C19H21N5O2/c1-23-12-22-16-9-15(11-21-18(16)23)19(26)24-6-4-13(5-7-24)8-14-2-3-17(25)20-10-14/h2-3,9-13H,4-8H2,1H3,(H,20,25). The molecular weight excluding hydrogens is 330 g/mol. The van der Waals surface area contributed by atoms with Crippen LogP contribution >= 0.6 is 0 Å². The van der Waals surface area contributed by atoms with E-state index in [2.05, 4.69) is 15.0 Å². The average molecular weight is 351 g/mol. The number of nitrogens with one attached hydrogen (secondary N) is 1. The highest BCUT2D eigenvalue weighted by Crippen LogP contribution is 2.23. The van der Waals surface area contributed by atoms with Gasteiger partial charge in [0.05, 0.1) is 11.9 Å². The zero-order valence-corrected chi connectivity index (χ0v) is 14.7. The summed E-state index contributed by atoms with van der Waals surface area (Å²) in [6.45, 7) is 1.49. The fourth-order valence-corrected chi connectivity index (χ4v) is 3.56. The second-order valence-electron chi connectivity index (χ2n) is 6.92. The summed E-state index contributed by atoms with van der Waals surface area (Å²) in [4.78, 5) is 37.2. The van der Waals surface area contributed by atoms with Gasteiger partial charge in [0.25, 0.3) is 5.91 Å². The number of carbonyl (C=O) groups excluding carboxylic acids is 1. The molecule has 7 heteroatoms. The molecule has 1 amide bonds. The summed E-state index contributed by atoms with van der Waals surface area (Å²) < 4.78 is 1.84. The molecule has 0 aromatic carbocycles. The number of fused-ring (bicyclic) bond motifs is 1. The molecule has 7 nitrogen and oxygen atoms in total. The van der Waals surface area contributed by atoms with E-state index in [0.717, 1.165) is 49.1 Å². The van der Waals surface area contributed by atoms with Gasteiger partial charge in [0.15, 0.2) is 5.65 Å². The number of rotatable bonds is 3. The number of pyridine rings is 2. The lowest BCUT2D eigenvalue weighted by Crippen LogP contribution is -2.39. The SMILES string of the molecule is Cn1cnc2cc(C(=O)N3CCC(Cc4ccc(=O)[nH]c4)CC3)cnc21. The number of hydrogen-bond donors (Lipinski definition) is 1. The molecule has 4 heterocycles. The zero-order chi connectivity index (χ0) is 18.1. The van der Waals surface area contributed by atoms with E-state index in [0.29, 0.717) is 11.5 Å². The van der Waals surface area contributed by atoms with Gasteiger partial charge >= 0.3 is 0 Å². The molecule has 1 fully saturated rings. The van der Waals surface area contributed by atoms with E-state index in [1.165, 1.54) is 0 Å². The second kappa shape index (κ2) is 6.74. The Morgan fingerprint density at radius 2 is 2.08 bits per heavy atom. The smallest absolute Gasteiger partial charge is 0.255 e. The molecule has 134 valence electrons. The van der Waals surface area contributed by atoms with Crippen LogP contribution < -0.4 is 5.56 Å². The first-order valence-corrected chi connectivity index (χ1v) is 8.84. The molecule has 0 unspecified atom stereocenters. The monoisotopic (exact) mass is 351 g/mol. The normalized spacial score (nSPS) is 15.5. The van der Waals surface area contributed by atoms with Crippen molar-refractivity contribution >= 4 is 17.1 Å². The van der Waals surface area contributed by atoms with Gasteiger partial charge in [-0.15, -0.1) is 0 Å². The van der Waals surface area contributed by atoms with Gasteiger partial charge in [-0.3, -0.25) is 9.59 Å². The molecule has 1 aliphatic rings. The van der Waals surface area contributed by atoms with Gasteiger partial charge < -0.3 is 14.5 Å². The molecule has 4 rings (SSSR count). The fourth-order valence-electron chi connectivity index (χ4n) is 3.56. The van der Waals surface area contributed by atoms with Gasteiger partial charge in [-0.2, -0.15) is 0 Å². The second-order valence-corrected chi connectivity index (χ2v) is 6.92. The maximum atomic E-state index is 12.8. The van der Waals surface area contributed by atoms with Crippen LogP contribution in [0.5, 0.6) is 0 Å². The number of hydrogen-bond acceptors (Lipinski definition) is 4. The number of imidazole rings is 1. The van der Waals surface area contributed by atoms with Crippen molar-refractivity contribution < 1.29 is 4.79 Å². The lowest BCUT2D eigenvalue weighted by molar-refractivity contribution is 0.0690. The van der Waals surface area contributed by atoms with Gasteiger partial charge in [0, 0.05) is 38.6 Å². The predicted octanol–water partition coefficient (Wildman–Crippen LogP) is 1.75. The summed E-state index contributed by atoms with van der Waals surface area (Å²) in [5.74, 6) is 0.550. The van der Waals surface area contributed by atoms with Crippen molar-refractivity contribution in [2.45, 2.75) is 19.3 Å². The third-order valence-corrected chi connectivity index (χ3v) is 5.07. The first-order chi connectivity index (χ1) is 12.6. The molecule has 1 N–H and O–H groups in total. The highest BCUT2D eigenvalue weighted by Gasteiger charge is 2.24. The topological polar surface area (TPSA) is 83.9 Å². The summed E-state index contributed by atoms with van der Waals surface area (Å²) >= 11 is 0. The Morgan fingerprint density at radius 3 is 2.81 bits per heavy atom. The van der Waals surface area contributed by atoms with Gasteiger partial charge in [-0.05, 0) is 36.8 Å². The molecule has 26 heavy (non-hydrogen) atoms. The van der Waals surface area contributed by atoms with Crippen molar-refractivity contribution in [3.63, 3.8) is 0 Å². The number of nitrogens with zero attached hydrogens (tertiary/aromatic N) is 4. The third kappa shape index (κ3) is 3.24. The highest BCUT2D eigenvalue weighted by atomic mass is 16.2. The number of amides is 1. The van der Waals surface area contributed by atoms with Gasteiger partial charge in [0.2, 0.25) is 5.56 Å². The molecule has 0 spiro atoms. The summed E-state index contributed by atoms with van der Waals surface area (Å²) in [7, 11) is 1.89. The van der Waals surface area contributed by atoms with Crippen LogP contribution in [0.2, 0.25) is 0 Å². The molecule has 0 aliphatic carbocycles. The highest BCUT2D eigenvalue weighted by molar-refractivity contribution is 5.96. The lowest BCUT2D eigenvalue weighted by atomic mass is 9.90. The Labute approximate surface area is 150 Å². The number of carbonyl (C=O) groups is 1. The van der Waals surface area contributed by atoms with Gasteiger partial charge in [-0.1, -0.05) is 6.07 Å². The number of piperidine rings is 1. The van der Waals surface area contributed by atoms with Crippen LogP contribution in [-0.2, 0) is 13.5 Å². The molecule has 0 atom stereocenters. The Kier molecular flexibility index (Phi) is 4.28. The summed E-state index contributed by atoms with van der Waals surface area (Å²) in [5, 5.41) is 0. The summed E-state index contributed by atoms with van der Waals surface area (Å²) in [6.07, 6.45) is 7.98. The van der Waals surface area contributed by atoms with E-state index in [9.17, 15) is 9.59 Å². The Morgan fingerprint density at radius 1 is 1.27 bits per heavy atom. The first kappa shape index (κ1) is 16.5. The minimum absolute atomic E-state index is 0.0209. The maximum absolute atomic E-state index is 12.8. The molecule has 0 bridgehead atoms. The number of aromatic nitrogens is 4. The first-order valence-electron chi connectivity index (χ1n) is 8.84. The lowest BCUT2D eigenvalue weighted by Gasteiger charge is -2.32. The molecule has 1 saturated heterocycles. The number of aryl methyl sites for hydroxylation is 1. The predicted molar refractivity (Wildman–Crippen MR) is 97.9 cm³/mol. The van der Waals surface area contributed by atoms with Gasteiger partial charge in [-0.25, -0.2) is 9.97 Å². The van der Waals surface area contributed by atoms with Crippen LogP contribution in [0.4, 0.5) is 0 Å². The van der Waals surface area contributed by atoms with Crippen molar-refractivity contribution in [2.75, 3.05) is 13.1 Å². The largest absolute Gasteiger partial charge is 0.339 e. The molecule has 3 aromatic rings. The number of likely N-dealkylation sites (tertiary alicyclic amines) is 1. The fraction of sp³-hybridized carbons (Fsp3) is 0.368. The van der Waals surface area contributed by atoms with Crippen LogP contribution in [0.25, 0.3) is 11.2 Å². The zero-order valence-electron chi connectivity index (χ0n) is 14.7. The van der Waals surface area contributed by atoms with E-state index < -0.39 is 0 Å². The Bertz CT molecular complexity index is 978. The minimum atomic E-state index is -0.0762. The van der Waals surface area contributed by atoms with Gasteiger partial charge in [0.1, 0.15) is 5.52 Å². The summed E-state index contributed by atoms with van der Waals surface area (Å²) in [6, 6.07) is 5.26. The van der Waals surface area contributed by atoms with Crippen LogP contribution in [0.1, 0.15) is 28.8 Å². The van der Waals surface area contributed by atoms with Crippen molar-refractivity contribution in [3.05, 3.63) is 58.4 Å². The molecule has 3 aromatic heterocycles. The van der Waals surface area contributed by atoms with Crippen LogP contribution in [0.15, 0.2) is 41.7 Å². The molecular formula is C19H21N5O2. The van der Waals surface area contributed by atoms with E-state index in [4.69, 9.17) is 0 Å². The molecule has 0 saturated carbocycles. The van der Waals surface area contributed by atoms with Crippen molar-refractivity contribution in [3.8, 4) is 0 Å². The van der Waals surface area contributed by atoms with Crippen LogP contribution in [-0.4, -0.2) is 43.4 Å². The van der Waals surface area contributed by atoms with Crippen molar-refractivity contribution in [2.24, 2.45) is 13.0 Å². The third-order valence-electron chi connectivity index (χ3n) is 5.07. The molecule has 0 radical (unpaired) electrons. The number of H-pyrrole nitrogens is 1. The minimum Gasteiger partial charge on any atom is -0.339 e. The Hall–Kier alpha value is -2.96. The van der Waals surface area contributed by atoms with Crippen LogP contribution in [0.3, 0.4) is 0 Å². The van der Waals surface area contributed by atoms with E-state index in [1.807, 2.05) is 28.6 Å². The Balaban J connectivity index is 1.39.